The third kappa shape index (κ3) is 2.57. The Morgan fingerprint density at radius 1 is 1.05 bits per heavy atom. The van der Waals surface area contributed by atoms with E-state index in [0.717, 1.165) is 11.3 Å². The summed E-state index contributed by atoms with van der Waals surface area (Å²) in [5.41, 5.74) is 1.37. The Kier molecular flexibility index (Phi) is 3.63. The van der Waals surface area contributed by atoms with Crippen molar-refractivity contribution < 1.29 is 9.26 Å². The van der Waals surface area contributed by atoms with Gasteiger partial charge in [0.2, 0.25) is 11.7 Å². The first-order chi connectivity index (χ1) is 10.6. The molecule has 0 spiro atoms. The van der Waals surface area contributed by atoms with Gasteiger partial charge in [-0.15, -0.1) is 0 Å². The molecule has 1 aromatic carbocycles. The summed E-state index contributed by atoms with van der Waals surface area (Å²) in [6.45, 7) is 4.09. The highest BCUT2D eigenvalue weighted by molar-refractivity contribution is 5.48. The van der Waals surface area contributed by atoms with Crippen molar-refractivity contribution >= 4 is 0 Å². The number of benzene rings is 1. The van der Waals surface area contributed by atoms with E-state index < -0.39 is 5.41 Å². The Morgan fingerprint density at radius 2 is 1.82 bits per heavy atom. The summed E-state index contributed by atoms with van der Waals surface area (Å²) in [5, 5.41) is 4.04. The van der Waals surface area contributed by atoms with Gasteiger partial charge in [-0.3, -0.25) is 4.98 Å². The first-order valence-electron chi connectivity index (χ1n) is 7.01. The lowest BCUT2D eigenvalue weighted by Crippen LogP contribution is -2.19. The molecule has 0 saturated carbocycles. The van der Waals surface area contributed by atoms with Crippen LogP contribution in [0.4, 0.5) is 0 Å². The maximum Gasteiger partial charge on any atom is 0.237 e. The topological polar surface area (TPSA) is 61.0 Å². The highest BCUT2D eigenvalue weighted by Crippen LogP contribution is 2.32. The summed E-state index contributed by atoms with van der Waals surface area (Å²) in [7, 11) is 1.65. The Bertz CT molecular complexity index is 749. The fraction of sp³-hybridized carbons (Fsp3) is 0.235. The smallest absolute Gasteiger partial charge is 0.237 e. The van der Waals surface area contributed by atoms with E-state index in [1.165, 1.54) is 0 Å². The number of hydrogen-bond acceptors (Lipinski definition) is 5. The second kappa shape index (κ2) is 5.60. The van der Waals surface area contributed by atoms with Gasteiger partial charge in [0.1, 0.15) is 11.4 Å². The molecule has 3 rings (SSSR count). The van der Waals surface area contributed by atoms with Crippen molar-refractivity contribution in [2.24, 2.45) is 0 Å². The molecule has 0 unspecified atom stereocenters. The summed E-state index contributed by atoms with van der Waals surface area (Å²) in [5.74, 6) is 1.87. The van der Waals surface area contributed by atoms with Gasteiger partial charge >= 0.3 is 0 Å². The second-order valence-corrected chi connectivity index (χ2v) is 5.49. The standard InChI is InChI=1S/C17H17N3O2/c1-17(2,12-7-9-13(21-3)10-8-12)16-19-15(20-22-16)14-6-4-5-11-18-14/h4-11H,1-3H3. The number of rotatable bonds is 4. The minimum Gasteiger partial charge on any atom is -0.497 e. The van der Waals surface area contributed by atoms with E-state index in [1.54, 1.807) is 13.3 Å². The van der Waals surface area contributed by atoms with Crippen LogP contribution in [-0.4, -0.2) is 22.2 Å². The van der Waals surface area contributed by atoms with Crippen LogP contribution < -0.4 is 4.74 Å². The van der Waals surface area contributed by atoms with Gasteiger partial charge in [0.15, 0.2) is 0 Å². The highest BCUT2D eigenvalue weighted by atomic mass is 16.5. The SMILES string of the molecule is COc1ccc(C(C)(C)c2nc(-c3ccccn3)no2)cc1. The first kappa shape index (κ1) is 14.3. The van der Waals surface area contributed by atoms with E-state index in [4.69, 9.17) is 9.26 Å². The molecular weight excluding hydrogens is 278 g/mol. The number of methoxy groups -OCH3 is 1. The van der Waals surface area contributed by atoms with Gasteiger partial charge in [0, 0.05) is 6.20 Å². The van der Waals surface area contributed by atoms with Gasteiger partial charge in [-0.2, -0.15) is 4.98 Å². The molecule has 0 bridgehead atoms. The second-order valence-electron chi connectivity index (χ2n) is 5.49. The number of pyridine rings is 1. The van der Waals surface area contributed by atoms with E-state index >= 15 is 0 Å². The molecule has 0 aliphatic carbocycles. The predicted octanol–water partition coefficient (Wildman–Crippen LogP) is 3.47. The molecular formula is C17H17N3O2. The molecule has 0 atom stereocenters. The zero-order valence-corrected chi connectivity index (χ0v) is 12.8. The van der Waals surface area contributed by atoms with Crippen molar-refractivity contribution in [3.8, 4) is 17.3 Å². The first-order valence-corrected chi connectivity index (χ1v) is 7.01. The summed E-state index contributed by atoms with van der Waals surface area (Å²) in [6.07, 6.45) is 1.71. The van der Waals surface area contributed by atoms with Gasteiger partial charge in [-0.05, 0) is 43.7 Å². The van der Waals surface area contributed by atoms with Crippen molar-refractivity contribution in [3.63, 3.8) is 0 Å². The lowest BCUT2D eigenvalue weighted by atomic mass is 9.84. The zero-order chi connectivity index (χ0) is 15.6. The quantitative estimate of drug-likeness (QED) is 0.737. The predicted molar refractivity (Wildman–Crippen MR) is 82.7 cm³/mol. The monoisotopic (exact) mass is 295 g/mol. The third-order valence-electron chi connectivity index (χ3n) is 3.67. The van der Waals surface area contributed by atoms with Crippen molar-refractivity contribution in [1.82, 2.24) is 15.1 Å². The van der Waals surface area contributed by atoms with Crippen LogP contribution in [0.5, 0.6) is 5.75 Å². The van der Waals surface area contributed by atoms with Crippen LogP contribution in [0.15, 0.2) is 53.2 Å². The van der Waals surface area contributed by atoms with Crippen LogP contribution in [0.2, 0.25) is 0 Å². The van der Waals surface area contributed by atoms with E-state index in [0.29, 0.717) is 17.4 Å². The molecule has 0 aliphatic rings. The van der Waals surface area contributed by atoms with Crippen molar-refractivity contribution in [2.45, 2.75) is 19.3 Å². The van der Waals surface area contributed by atoms with Crippen LogP contribution in [-0.2, 0) is 5.41 Å². The normalized spacial score (nSPS) is 11.4. The van der Waals surface area contributed by atoms with Crippen LogP contribution >= 0.6 is 0 Å². The van der Waals surface area contributed by atoms with Crippen LogP contribution in [0.25, 0.3) is 11.5 Å². The summed E-state index contributed by atoms with van der Waals surface area (Å²) in [4.78, 5) is 8.74. The van der Waals surface area contributed by atoms with Gasteiger partial charge < -0.3 is 9.26 Å². The molecule has 22 heavy (non-hydrogen) atoms. The highest BCUT2D eigenvalue weighted by Gasteiger charge is 2.30. The largest absolute Gasteiger partial charge is 0.497 e. The molecule has 0 saturated heterocycles. The molecule has 0 amide bonds. The summed E-state index contributed by atoms with van der Waals surface area (Å²) in [6, 6.07) is 13.5. The number of aromatic nitrogens is 3. The Hall–Kier alpha value is -2.69. The van der Waals surface area contributed by atoms with Gasteiger partial charge in [0.25, 0.3) is 0 Å². The molecule has 5 nitrogen and oxygen atoms in total. The molecule has 0 radical (unpaired) electrons. The lowest BCUT2D eigenvalue weighted by molar-refractivity contribution is 0.332. The number of hydrogen-bond donors (Lipinski definition) is 0. The fourth-order valence-corrected chi connectivity index (χ4v) is 2.21. The zero-order valence-electron chi connectivity index (χ0n) is 12.8. The molecule has 3 aromatic rings. The van der Waals surface area contributed by atoms with Gasteiger partial charge in [0.05, 0.1) is 12.5 Å². The van der Waals surface area contributed by atoms with E-state index in [2.05, 4.69) is 15.1 Å². The molecule has 0 aliphatic heterocycles. The molecule has 112 valence electrons. The maximum atomic E-state index is 5.46. The minimum atomic E-state index is -0.397. The molecule has 2 heterocycles. The van der Waals surface area contributed by atoms with Gasteiger partial charge in [-0.1, -0.05) is 23.4 Å². The van der Waals surface area contributed by atoms with E-state index in [9.17, 15) is 0 Å². The van der Waals surface area contributed by atoms with E-state index in [1.807, 2.05) is 56.3 Å². The molecule has 0 fully saturated rings. The molecule has 0 N–H and O–H groups in total. The van der Waals surface area contributed by atoms with Gasteiger partial charge in [-0.25, -0.2) is 0 Å². The average molecular weight is 295 g/mol. The molecule has 2 aromatic heterocycles. The van der Waals surface area contributed by atoms with Crippen LogP contribution in [0, 0.1) is 0 Å². The Morgan fingerprint density at radius 3 is 2.45 bits per heavy atom. The van der Waals surface area contributed by atoms with Crippen molar-refractivity contribution in [1.29, 1.82) is 0 Å². The minimum absolute atomic E-state index is 0.397. The number of ether oxygens (including phenoxy) is 1. The summed E-state index contributed by atoms with van der Waals surface area (Å²) < 4.78 is 10.7. The van der Waals surface area contributed by atoms with Crippen molar-refractivity contribution in [2.75, 3.05) is 7.11 Å². The van der Waals surface area contributed by atoms with Crippen LogP contribution in [0.3, 0.4) is 0 Å². The van der Waals surface area contributed by atoms with Crippen LogP contribution in [0.1, 0.15) is 25.3 Å². The molecule has 5 heteroatoms. The maximum absolute atomic E-state index is 5.46. The average Bonchev–Trinajstić information content (AvgIpc) is 3.06. The number of nitrogens with zero attached hydrogens (tertiary/aromatic N) is 3. The fourth-order valence-electron chi connectivity index (χ4n) is 2.21. The van der Waals surface area contributed by atoms with Crippen molar-refractivity contribution in [3.05, 3.63) is 60.1 Å². The summed E-state index contributed by atoms with van der Waals surface area (Å²) >= 11 is 0. The Balaban J connectivity index is 1.93. The third-order valence-corrected chi connectivity index (χ3v) is 3.67. The lowest BCUT2D eigenvalue weighted by Gasteiger charge is -2.20. The van der Waals surface area contributed by atoms with E-state index in [-0.39, 0.29) is 0 Å². The Labute approximate surface area is 129 Å².